The first-order chi connectivity index (χ1) is 20.2. The van der Waals surface area contributed by atoms with Gasteiger partial charge in [0.25, 0.3) is 0 Å². The summed E-state index contributed by atoms with van der Waals surface area (Å²) < 4.78 is 11.3. The monoisotopic (exact) mass is 584 g/mol. The quantitative estimate of drug-likeness (QED) is 0.111. The highest BCUT2D eigenvalue weighted by atomic mass is 16.5. The number of aliphatic hydroxyl groups is 1. The van der Waals surface area contributed by atoms with Crippen LogP contribution >= 0.6 is 0 Å². The highest BCUT2D eigenvalue weighted by Crippen LogP contribution is 2.13. The SMILES string of the molecule is CC.CC.CC(=O)C(C)C(C)=O.CCCCOCCCCCOc1ccc(C#Cc2ccc(C(C)=O)cc2)cc1.CO. The minimum atomic E-state index is -0.407. The van der Waals surface area contributed by atoms with Crippen LogP contribution in [0.15, 0.2) is 48.5 Å². The molecule has 42 heavy (non-hydrogen) atoms. The zero-order valence-electron chi connectivity index (χ0n) is 27.8. The molecule has 0 spiro atoms. The second-order valence-corrected chi connectivity index (χ2v) is 8.73. The van der Waals surface area contributed by atoms with E-state index in [0.29, 0.717) is 5.56 Å². The van der Waals surface area contributed by atoms with E-state index in [4.69, 9.17) is 14.6 Å². The number of hydrogen-bond donors (Lipinski definition) is 1. The van der Waals surface area contributed by atoms with Crippen molar-refractivity contribution in [2.24, 2.45) is 5.92 Å². The number of carbonyl (C=O) groups is 3. The number of Topliss-reactive ketones (excluding diaryl/α,β-unsaturated/α-hetero) is 3. The number of rotatable bonds is 13. The molecule has 0 saturated carbocycles. The third-order valence-corrected chi connectivity index (χ3v) is 5.56. The van der Waals surface area contributed by atoms with Gasteiger partial charge in [-0.1, -0.05) is 65.0 Å². The summed E-state index contributed by atoms with van der Waals surface area (Å²) in [5.41, 5.74) is 2.53. The van der Waals surface area contributed by atoms with E-state index in [1.165, 1.54) is 20.3 Å². The molecule has 0 saturated heterocycles. The van der Waals surface area contributed by atoms with Crippen molar-refractivity contribution in [2.45, 2.75) is 94.4 Å². The van der Waals surface area contributed by atoms with E-state index in [-0.39, 0.29) is 17.3 Å². The van der Waals surface area contributed by atoms with Crippen LogP contribution in [0.5, 0.6) is 5.75 Å². The lowest BCUT2D eigenvalue weighted by atomic mass is 10.0. The molecule has 0 atom stereocenters. The topological polar surface area (TPSA) is 89.9 Å². The van der Waals surface area contributed by atoms with Crippen LogP contribution in [-0.2, 0) is 14.3 Å². The standard InChI is InChI=1S/C25H30O3.C6H10O2.2C2H6.CH4O/c1-3-4-18-27-19-6-5-7-20-28-25-16-12-23(13-17-25)9-8-22-10-14-24(15-11-22)21(2)26;1-4(5(2)7)6(3)8;3*1-2/h10-17H,3-7,18-20H2,1-2H3;4H,1-3H3;2*1-2H3;2H,1H3. The Hall–Kier alpha value is -3.27. The molecule has 2 aromatic carbocycles. The Kier molecular flexibility index (Phi) is 31.6. The predicted octanol–water partition coefficient (Wildman–Crippen LogP) is 8.12. The first-order valence-corrected chi connectivity index (χ1v) is 15.1. The number of carbonyl (C=O) groups excluding carboxylic acids is 3. The number of hydrogen-bond acceptors (Lipinski definition) is 6. The fourth-order valence-electron chi connectivity index (χ4n) is 2.87. The number of ketones is 3. The summed E-state index contributed by atoms with van der Waals surface area (Å²) in [6.45, 7) is 18.7. The summed E-state index contributed by atoms with van der Waals surface area (Å²) in [4.78, 5) is 32.0. The van der Waals surface area contributed by atoms with Gasteiger partial charge >= 0.3 is 0 Å². The van der Waals surface area contributed by atoms with Crippen LogP contribution in [0.4, 0.5) is 0 Å². The number of ether oxygens (including phenoxy) is 2. The molecule has 0 aromatic heterocycles. The Bertz CT molecular complexity index is 984. The van der Waals surface area contributed by atoms with E-state index in [2.05, 4.69) is 18.8 Å². The normalized spacial score (nSPS) is 9.05. The van der Waals surface area contributed by atoms with Crippen LogP contribution < -0.4 is 4.74 Å². The lowest BCUT2D eigenvalue weighted by molar-refractivity contribution is -0.129. The fourth-order valence-corrected chi connectivity index (χ4v) is 2.87. The lowest BCUT2D eigenvalue weighted by Crippen LogP contribution is -2.14. The molecule has 0 aliphatic heterocycles. The van der Waals surface area contributed by atoms with Crippen LogP contribution in [0.3, 0.4) is 0 Å². The largest absolute Gasteiger partial charge is 0.494 e. The van der Waals surface area contributed by atoms with Gasteiger partial charge in [-0.05, 0) is 89.8 Å². The van der Waals surface area contributed by atoms with E-state index in [9.17, 15) is 14.4 Å². The van der Waals surface area contributed by atoms with Gasteiger partial charge in [0.1, 0.15) is 17.3 Å². The molecule has 0 fully saturated rings. The fraction of sp³-hybridized carbons (Fsp3) is 0.528. The molecule has 0 bridgehead atoms. The van der Waals surface area contributed by atoms with Gasteiger partial charge in [0.05, 0.1) is 12.5 Å². The molecular weight excluding hydrogens is 528 g/mol. The van der Waals surface area contributed by atoms with Gasteiger partial charge in [-0.2, -0.15) is 0 Å². The van der Waals surface area contributed by atoms with Gasteiger partial charge in [-0.3, -0.25) is 14.4 Å². The minimum Gasteiger partial charge on any atom is -0.494 e. The molecule has 6 nitrogen and oxygen atoms in total. The molecule has 0 heterocycles. The maximum atomic E-state index is 11.3. The molecule has 2 rings (SSSR count). The minimum absolute atomic E-state index is 0.0579. The van der Waals surface area contributed by atoms with E-state index in [1.54, 1.807) is 26.0 Å². The summed E-state index contributed by atoms with van der Waals surface area (Å²) in [6, 6.07) is 15.2. The van der Waals surface area contributed by atoms with E-state index < -0.39 is 5.92 Å². The van der Waals surface area contributed by atoms with Gasteiger partial charge in [0.15, 0.2) is 5.78 Å². The lowest BCUT2D eigenvalue weighted by Gasteiger charge is -2.06. The smallest absolute Gasteiger partial charge is 0.159 e. The second kappa shape index (κ2) is 30.7. The van der Waals surface area contributed by atoms with Crippen LogP contribution in [0, 0.1) is 17.8 Å². The van der Waals surface area contributed by atoms with Crippen molar-refractivity contribution >= 4 is 17.3 Å². The van der Waals surface area contributed by atoms with Crippen molar-refractivity contribution < 1.29 is 29.0 Å². The zero-order valence-corrected chi connectivity index (χ0v) is 27.8. The van der Waals surface area contributed by atoms with Crippen molar-refractivity contribution in [3.8, 4) is 17.6 Å². The maximum Gasteiger partial charge on any atom is 0.159 e. The average Bonchev–Trinajstić information content (AvgIpc) is 3.02. The van der Waals surface area contributed by atoms with E-state index in [1.807, 2.05) is 64.1 Å². The summed E-state index contributed by atoms with van der Waals surface area (Å²) in [5.74, 6) is 6.67. The zero-order chi connectivity index (χ0) is 32.8. The van der Waals surface area contributed by atoms with Crippen LogP contribution in [0.2, 0.25) is 0 Å². The molecule has 6 heteroatoms. The number of aliphatic hydroxyl groups excluding tert-OH is 1. The van der Waals surface area contributed by atoms with Gasteiger partial charge in [-0.15, -0.1) is 0 Å². The Labute approximate surface area is 256 Å². The Morgan fingerprint density at radius 3 is 1.52 bits per heavy atom. The molecule has 0 aliphatic carbocycles. The Balaban J connectivity index is -0.000000917. The maximum absolute atomic E-state index is 11.3. The number of unbranched alkanes of at least 4 members (excludes halogenated alkanes) is 3. The van der Waals surface area contributed by atoms with E-state index >= 15 is 0 Å². The van der Waals surface area contributed by atoms with Gasteiger partial charge in [0.2, 0.25) is 0 Å². The third kappa shape index (κ3) is 23.4. The van der Waals surface area contributed by atoms with E-state index in [0.717, 1.165) is 69.5 Å². The highest BCUT2D eigenvalue weighted by Gasteiger charge is 2.11. The van der Waals surface area contributed by atoms with Crippen molar-refractivity contribution in [3.63, 3.8) is 0 Å². The Morgan fingerprint density at radius 2 is 1.12 bits per heavy atom. The molecule has 236 valence electrons. The number of benzene rings is 2. The molecule has 0 aliphatic rings. The molecule has 0 radical (unpaired) electrons. The van der Waals surface area contributed by atoms with Crippen molar-refractivity contribution in [3.05, 3.63) is 65.2 Å². The van der Waals surface area contributed by atoms with Crippen molar-refractivity contribution in [2.75, 3.05) is 26.9 Å². The third-order valence-electron chi connectivity index (χ3n) is 5.56. The van der Waals surface area contributed by atoms with Crippen LogP contribution in [-0.4, -0.2) is 49.4 Å². The van der Waals surface area contributed by atoms with Crippen LogP contribution in [0.25, 0.3) is 0 Å². The molecule has 0 amide bonds. The molecule has 2 aromatic rings. The summed E-state index contributed by atoms with van der Waals surface area (Å²) in [7, 11) is 1.00. The second-order valence-electron chi connectivity index (χ2n) is 8.73. The van der Waals surface area contributed by atoms with Gasteiger partial charge < -0.3 is 14.6 Å². The molecule has 0 unspecified atom stereocenters. The summed E-state index contributed by atoms with van der Waals surface area (Å²) >= 11 is 0. The highest BCUT2D eigenvalue weighted by molar-refractivity contribution is 5.99. The summed E-state index contributed by atoms with van der Waals surface area (Å²) in [5, 5.41) is 7.00. The average molecular weight is 585 g/mol. The molecular formula is C36H56O6. The first-order valence-electron chi connectivity index (χ1n) is 15.1. The Morgan fingerprint density at radius 1 is 0.690 bits per heavy atom. The van der Waals surface area contributed by atoms with Gasteiger partial charge in [-0.25, -0.2) is 0 Å². The van der Waals surface area contributed by atoms with Crippen molar-refractivity contribution in [1.29, 1.82) is 0 Å². The van der Waals surface area contributed by atoms with Crippen molar-refractivity contribution in [1.82, 2.24) is 0 Å². The first kappa shape index (κ1) is 43.2. The summed E-state index contributed by atoms with van der Waals surface area (Å²) in [6.07, 6.45) is 5.59. The molecule has 1 N–H and O–H groups in total. The van der Waals surface area contributed by atoms with Gasteiger partial charge in [0, 0.05) is 37.0 Å². The van der Waals surface area contributed by atoms with Crippen LogP contribution in [0.1, 0.15) is 116 Å². The predicted molar refractivity (Wildman–Crippen MR) is 175 cm³/mol.